The largest absolute Gasteiger partial charge is 0.573 e. The Morgan fingerprint density at radius 2 is 1.82 bits per heavy atom. The summed E-state index contributed by atoms with van der Waals surface area (Å²) >= 11 is 0. The van der Waals surface area contributed by atoms with Gasteiger partial charge in [-0.15, -0.1) is 13.2 Å². The number of alkyl halides is 3. The number of unbranched alkanes of at least 4 members (excludes halogenated alkanes) is 1. The third-order valence-electron chi connectivity index (χ3n) is 6.98. The maximum absolute atomic E-state index is 12.6. The highest BCUT2D eigenvalue weighted by atomic mass is 19.4. The van der Waals surface area contributed by atoms with Gasteiger partial charge >= 0.3 is 6.36 Å². The lowest BCUT2D eigenvalue weighted by Crippen LogP contribution is -2.17. The van der Waals surface area contributed by atoms with E-state index >= 15 is 0 Å². The highest BCUT2D eigenvalue weighted by Gasteiger charge is 2.31. The predicted molar refractivity (Wildman–Crippen MR) is 129 cm³/mol. The molecule has 0 atom stereocenters. The number of imidazole rings is 1. The third-order valence-corrected chi connectivity index (χ3v) is 6.98. The van der Waals surface area contributed by atoms with Gasteiger partial charge in [-0.3, -0.25) is 0 Å². The van der Waals surface area contributed by atoms with E-state index in [2.05, 4.69) is 28.5 Å². The van der Waals surface area contributed by atoms with Gasteiger partial charge < -0.3 is 14.6 Å². The summed E-state index contributed by atoms with van der Waals surface area (Å²) in [6.07, 6.45) is 7.36. The number of halogens is 3. The first-order valence-electron chi connectivity index (χ1n) is 12.7. The van der Waals surface area contributed by atoms with Crippen LogP contribution in [0.25, 0.3) is 17.1 Å². The normalized spacial score (nSPS) is 16.6. The topological polar surface area (TPSA) is 39.1 Å². The standard InChI is InChI=1S/C27H36F3N3O/c1-3-4-17-31-25(21-10-11-21)24-19(2)33(18-16-20-8-6-5-7-9-20)26(32-24)22-12-14-23(15-13-22)34-27(28,29)30/h12-15,20,31H,3-11,16-18H2,1-2H3. The van der Waals surface area contributed by atoms with Crippen LogP contribution in [0.5, 0.6) is 5.75 Å². The summed E-state index contributed by atoms with van der Waals surface area (Å²) in [6, 6.07) is 6.10. The number of hydrogen-bond acceptors (Lipinski definition) is 3. The average molecular weight is 476 g/mol. The first-order valence-corrected chi connectivity index (χ1v) is 12.7. The Morgan fingerprint density at radius 3 is 2.44 bits per heavy atom. The summed E-state index contributed by atoms with van der Waals surface area (Å²) in [5.74, 6) is 1.34. The number of allylic oxidation sites excluding steroid dienone is 1. The summed E-state index contributed by atoms with van der Waals surface area (Å²) in [7, 11) is 0. The van der Waals surface area contributed by atoms with Crippen molar-refractivity contribution < 1.29 is 17.9 Å². The van der Waals surface area contributed by atoms with E-state index in [0.29, 0.717) is 0 Å². The van der Waals surface area contributed by atoms with Gasteiger partial charge in [0.2, 0.25) is 0 Å². The number of benzene rings is 1. The van der Waals surface area contributed by atoms with Crippen LogP contribution in [0.15, 0.2) is 29.8 Å². The minimum Gasteiger partial charge on any atom is -0.406 e. The number of nitrogens with zero attached hydrogens (tertiary/aromatic N) is 2. The van der Waals surface area contributed by atoms with Crippen LogP contribution >= 0.6 is 0 Å². The Labute approximate surface area is 200 Å². The van der Waals surface area contributed by atoms with Crippen LogP contribution in [0.2, 0.25) is 0 Å². The van der Waals surface area contributed by atoms with Crippen LogP contribution in [-0.4, -0.2) is 22.5 Å². The van der Waals surface area contributed by atoms with Crippen molar-refractivity contribution in [1.29, 1.82) is 0 Å². The molecule has 7 heteroatoms. The van der Waals surface area contributed by atoms with Crippen LogP contribution in [0, 0.1) is 12.8 Å². The minimum absolute atomic E-state index is 0.212. The fourth-order valence-corrected chi connectivity index (χ4v) is 4.94. The van der Waals surface area contributed by atoms with E-state index < -0.39 is 6.36 Å². The van der Waals surface area contributed by atoms with Crippen molar-refractivity contribution in [3.63, 3.8) is 0 Å². The summed E-state index contributed by atoms with van der Waals surface area (Å²) in [4.78, 5) is 5.07. The monoisotopic (exact) mass is 475 g/mol. The Morgan fingerprint density at radius 1 is 1.12 bits per heavy atom. The number of rotatable bonds is 10. The fourth-order valence-electron chi connectivity index (χ4n) is 4.94. The van der Waals surface area contributed by atoms with Crippen molar-refractivity contribution in [1.82, 2.24) is 14.9 Å². The molecule has 0 spiro atoms. The van der Waals surface area contributed by atoms with Crippen LogP contribution in [0.3, 0.4) is 0 Å². The zero-order valence-corrected chi connectivity index (χ0v) is 20.3. The Bertz CT molecular complexity index is 980. The maximum atomic E-state index is 12.6. The van der Waals surface area contributed by atoms with E-state index in [1.165, 1.54) is 49.8 Å². The molecule has 2 aliphatic rings. The Balaban J connectivity index is 1.64. The molecule has 0 aliphatic heterocycles. The number of ether oxygens (including phenoxy) is 1. The molecule has 186 valence electrons. The van der Waals surface area contributed by atoms with Gasteiger partial charge in [-0.05, 0) is 68.4 Å². The molecule has 0 radical (unpaired) electrons. The molecule has 1 heterocycles. The van der Waals surface area contributed by atoms with Crippen molar-refractivity contribution in [2.24, 2.45) is 5.92 Å². The second-order valence-electron chi connectivity index (χ2n) is 9.64. The van der Waals surface area contributed by atoms with Crippen molar-refractivity contribution in [2.45, 2.75) is 91.0 Å². The highest BCUT2D eigenvalue weighted by molar-refractivity contribution is 5.72. The Kier molecular flexibility index (Phi) is 7.89. The van der Waals surface area contributed by atoms with Crippen LogP contribution in [0.4, 0.5) is 13.2 Å². The van der Waals surface area contributed by atoms with E-state index in [9.17, 15) is 13.2 Å². The molecule has 0 unspecified atom stereocenters. The van der Waals surface area contributed by atoms with Crippen LogP contribution < -0.4 is 10.1 Å². The van der Waals surface area contributed by atoms with Crippen LogP contribution in [0.1, 0.15) is 82.5 Å². The maximum Gasteiger partial charge on any atom is 0.573 e. The first-order chi connectivity index (χ1) is 16.4. The lowest BCUT2D eigenvalue weighted by molar-refractivity contribution is -0.274. The van der Waals surface area contributed by atoms with E-state index in [1.54, 1.807) is 12.1 Å². The quantitative estimate of drug-likeness (QED) is 0.359. The molecule has 0 bridgehead atoms. The Hall–Kier alpha value is -2.44. The SMILES string of the molecule is CCCCNC(=C1CC1)c1nc(-c2ccc(OC(F)(F)F)cc2)n(CCC2CCCCC2)c1C. The summed E-state index contributed by atoms with van der Waals surface area (Å²) < 4.78 is 44.2. The minimum atomic E-state index is -4.70. The fraction of sp³-hybridized carbons (Fsp3) is 0.593. The van der Waals surface area contributed by atoms with Crippen molar-refractivity contribution >= 4 is 5.70 Å². The molecule has 1 aromatic heterocycles. The van der Waals surface area contributed by atoms with Gasteiger partial charge in [0, 0.05) is 24.3 Å². The van der Waals surface area contributed by atoms with Crippen molar-refractivity contribution in [3.05, 3.63) is 41.2 Å². The van der Waals surface area contributed by atoms with E-state index in [4.69, 9.17) is 4.98 Å². The summed E-state index contributed by atoms with van der Waals surface area (Å²) in [5.41, 5.74) is 5.48. The summed E-state index contributed by atoms with van der Waals surface area (Å²) in [6.45, 7) is 6.10. The van der Waals surface area contributed by atoms with Crippen LogP contribution in [-0.2, 0) is 6.54 Å². The molecular weight excluding hydrogens is 439 g/mol. The molecule has 1 N–H and O–H groups in total. The van der Waals surface area contributed by atoms with E-state index in [1.807, 2.05) is 0 Å². The molecule has 2 fully saturated rings. The smallest absolute Gasteiger partial charge is 0.406 e. The molecule has 1 aromatic carbocycles. The zero-order chi connectivity index (χ0) is 24.1. The molecule has 2 saturated carbocycles. The van der Waals surface area contributed by atoms with Gasteiger partial charge in [0.05, 0.1) is 5.70 Å². The third kappa shape index (κ3) is 6.36. The highest BCUT2D eigenvalue weighted by Crippen LogP contribution is 2.38. The second kappa shape index (κ2) is 10.9. The zero-order valence-electron chi connectivity index (χ0n) is 20.3. The molecule has 4 rings (SSSR count). The van der Waals surface area contributed by atoms with Gasteiger partial charge in [0.25, 0.3) is 0 Å². The van der Waals surface area contributed by atoms with Gasteiger partial charge in [-0.1, -0.05) is 45.4 Å². The average Bonchev–Trinajstić information content (AvgIpc) is 3.60. The predicted octanol–water partition coefficient (Wildman–Crippen LogP) is 7.62. The molecule has 2 aliphatic carbocycles. The van der Waals surface area contributed by atoms with Gasteiger partial charge in [0.15, 0.2) is 0 Å². The molecule has 34 heavy (non-hydrogen) atoms. The summed E-state index contributed by atoms with van der Waals surface area (Å²) in [5, 5.41) is 3.63. The van der Waals surface area contributed by atoms with Gasteiger partial charge in [0.1, 0.15) is 17.3 Å². The molecule has 0 saturated heterocycles. The number of aromatic nitrogens is 2. The number of hydrogen-bond donors (Lipinski definition) is 1. The first kappa shape index (κ1) is 24.7. The second-order valence-corrected chi connectivity index (χ2v) is 9.64. The lowest BCUT2D eigenvalue weighted by atomic mass is 9.87. The lowest BCUT2D eigenvalue weighted by Gasteiger charge is -2.22. The van der Waals surface area contributed by atoms with Gasteiger partial charge in [-0.2, -0.15) is 0 Å². The van der Waals surface area contributed by atoms with Crippen molar-refractivity contribution in [2.75, 3.05) is 6.54 Å². The number of nitrogens with one attached hydrogen (secondary N) is 1. The van der Waals surface area contributed by atoms with Crippen molar-refractivity contribution in [3.8, 4) is 17.1 Å². The van der Waals surface area contributed by atoms with Gasteiger partial charge in [-0.25, -0.2) is 4.98 Å². The molecular formula is C27H36F3N3O. The molecule has 4 nitrogen and oxygen atoms in total. The molecule has 2 aromatic rings. The van der Waals surface area contributed by atoms with E-state index in [0.717, 1.165) is 79.6 Å². The van der Waals surface area contributed by atoms with E-state index in [-0.39, 0.29) is 5.75 Å². The molecule has 0 amide bonds.